The molecule has 0 atom stereocenters. The van der Waals surface area contributed by atoms with E-state index in [1.165, 1.54) is 4.90 Å². The van der Waals surface area contributed by atoms with Gasteiger partial charge in [-0.05, 0) is 81.7 Å². The summed E-state index contributed by atoms with van der Waals surface area (Å²) < 4.78 is 30.1. The summed E-state index contributed by atoms with van der Waals surface area (Å²) in [4.78, 5) is 28.6. The van der Waals surface area contributed by atoms with Crippen LogP contribution in [0, 0.1) is 0 Å². The second kappa shape index (κ2) is 7.14. The largest absolute Gasteiger partial charge is 0.498 e. The lowest BCUT2D eigenvalue weighted by Crippen LogP contribution is -2.63. The van der Waals surface area contributed by atoms with Crippen LogP contribution >= 0.6 is 0 Å². The van der Waals surface area contributed by atoms with Gasteiger partial charge in [-0.3, -0.25) is 9.69 Å². The van der Waals surface area contributed by atoms with Crippen LogP contribution in [0.15, 0.2) is 6.07 Å². The van der Waals surface area contributed by atoms with Crippen molar-refractivity contribution in [2.45, 2.75) is 104 Å². The maximum atomic E-state index is 13.8. The van der Waals surface area contributed by atoms with Crippen LogP contribution in [0.1, 0.15) is 81.7 Å². The Bertz CT molecular complexity index is 1050. The van der Waals surface area contributed by atoms with Crippen molar-refractivity contribution in [2.75, 3.05) is 11.7 Å². The number of anilines is 1. The van der Waals surface area contributed by atoms with Crippen LogP contribution in [0.4, 0.5) is 10.5 Å². The molecule has 4 rings (SSSR count). The van der Waals surface area contributed by atoms with E-state index >= 15 is 0 Å². The van der Waals surface area contributed by atoms with Gasteiger partial charge in [0.25, 0.3) is 0 Å². The van der Waals surface area contributed by atoms with Crippen LogP contribution in [0.3, 0.4) is 0 Å². The molecular formula is C25H36BNO7. The van der Waals surface area contributed by atoms with E-state index in [0.717, 1.165) is 0 Å². The molecule has 186 valence electrons. The van der Waals surface area contributed by atoms with E-state index in [0.29, 0.717) is 28.2 Å². The Kier molecular flexibility index (Phi) is 5.22. The molecule has 3 aliphatic heterocycles. The zero-order chi connectivity index (χ0) is 25.6. The van der Waals surface area contributed by atoms with Gasteiger partial charge in [0.1, 0.15) is 11.1 Å². The van der Waals surface area contributed by atoms with Gasteiger partial charge in [-0.25, -0.2) is 4.79 Å². The topological polar surface area (TPSA) is 83.5 Å². The van der Waals surface area contributed by atoms with Crippen molar-refractivity contribution in [1.82, 2.24) is 0 Å². The minimum Gasteiger partial charge on any atom is -0.454 e. The van der Waals surface area contributed by atoms with E-state index in [-0.39, 0.29) is 12.6 Å². The first-order valence-electron chi connectivity index (χ1n) is 11.7. The first-order chi connectivity index (χ1) is 15.3. The Labute approximate surface area is 202 Å². The average Bonchev–Trinajstić information content (AvgIpc) is 3.21. The predicted molar refractivity (Wildman–Crippen MR) is 129 cm³/mol. The third-order valence-corrected chi connectivity index (χ3v) is 7.31. The van der Waals surface area contributed by atoms with E-state index in [9.17, 15) is 9.59 Å². The first kappa shape index (κ1) is 24.9. The molecule has 8 nitrogen and oxygen atoms in total. The van der Waals surface area contributed by atoms with Gasteiger partial charge in [-0.1, -0.05) is 6.07 Å². The van der Waals surface area contributed by atoms with Crippen molar-refractivity contribution >= 4 is 30.1 Å². The third kappa shape index (κ3) is 3.50. The van der Waals surface area contributed by atoms with Crippen molar-refractivity contribution < 1.29 is 33.1 Å². The van der Waals surface area contributed by atoms with E-state index < -0.39 is 41.0 Å². The zero-order valence-electron chi connectivity index (χ0n) is 22.2. The lowest BCUT2D eigenvalue weighted by atomic mass is 9.66. The second-order valence-electron chi connectivity index (χ2n) is 12.3. The molecule has 1 amide bonds. The average molecular weight is 473 g/mol. The molecule has 9 heteroatoms. The fourth-order valence-electron chi connectivity index (χ4n) is 4.82. The van der Waals surface area contributed by atoms with Crippen LogP contribution in [-0.4, -0.2) is 48.1 Å². The molecule has 0 N–H and O–H groups in total. The molecule has 0 bridgehead atoms. The molecule has 0 radical (unpaired) electrons. The van der Waals surface area contributed by atoms with Crippen LogP contribution < -0.4 is 19.8 Å². The van der Waals surface area contributed by atoms with Crippen LogP contribution in [0.25, 0.3) is 0 Å². The molecule has 0 aromatic heterocycles. The van der Waals surface area contributed by atoms with Gasteiger partial charge in [-0.2, -0.15) is 0 Å². The predicted octanol–water partition coefficient (Wildman–Crippen LogP) is 4.09. The van der Waals surface area contributed by atoms with Crippen molar-refractivity contribution in [2.24, 2.45) is 0 Å². The van der Waals surface area contributed by atoms with Crippen LogP contribution in [0.2, 0.25) is 0 Å². The second-order valence-corrected chi connectivity index (χ2v) is 12.3. The molecule has 1 saturated heterocycles. The highest BCUT2D eigenvalue weighted by atomic mass is 16.7. The summed E-state index contributed by atoms with van der Waals surface area (Å²) in [6.07, 6.45) is -0.622. The van der Waals surface area contributed by atoms with Gasteiger partial charge in [0.15, 0.2) is 17.3 Å². The number of carbonyl (C=O) groups is 2. The molecule has 0 unspecified atom stereocenters. The van der Waals surface area contributed by atoms with E-state index in [2.05, 4.69) is 0 Å². The van der Waals surface area contributed by atoms with Gasteiger partial charge in [0.05, 0.1) is 22.3 Å². The summed E-state index contributed by atoms with van der Waals surface area (Å²) in [5.41, 5.74) is -2.21. The van der Waals surface area contributed by atoms with E-state index in [4.69, 9.17) is 23.5 Å². The molecule has 1 aromatic rings. The molecule has 34 heavy (non-hydrogen) atoms. The van der Waals surface area contributed by atoms with Gasteiger partial charge in [-0.15, -0.1) is 0 Å². The number of ketones is 1. The first-order valence-corrected chi connectivity index (χ1v) is 11.7. The summed E-state index contributed by atoms with van der Waals surface area (Å²) in [7, 11) is -0.721. The number of benzene rings is 1. The molecule has 0 aliphatic carbocycles. The number of ether oxygens (including phenoxy) is 3. The van der Waals surface area contributed by atoms with Gasteiger partial charge >= 0.3 is 13.2 Å². The Morgan fingerprint density at radius 3 is 2.03 bits per heavy atom. The fourth-order valence-corrected chi connectivity index (χ4v) is 4.82. The lowest BCUT2D eigenvalue weighted by molar-refractivity contribution is -0.128. The minimum atomic E-state index is -1.18. The molecule has 1 aromatic carbocycles. The van der Waals surface area contributed by atoms with Gasteiger partial charge in [0.2, 0.25) is 6.79 Å². The molecule has 3 heterocycles. The highest BCUT2D eigenvalue weighted by Crippen LogP contribution is 2.53. The van der Waals surface area contributed by atoms with Gasteiger partial charge in [0, 0.05) is 5.46 Å². The van der Waals surface area contributed by atoms with Crippen LogP contribution in [-0.2, 0) is 24.3 Å². The zero-order valence-corrected chi connectivity index (χ0v) is 22.2. The summed E-state index contributed by atoms with van der Waals surface area (Å²) in [5, 5.41) is 0. The summed E-state index contributed by atoms with van der Waals surface area (Å²) in [5.74, 6) is 0.727. The SMILES string of the molecule is CC(C)(C)OC(=O)N1c2c(cc(B3OC(C)(C)C(C)(C)O3)c3c2OCO3)C(C)(C)C(=O)C1(C)C. The van der Waals surface area contributed by atoms with Crippen molar-refractivity contribution in [3.63, 3.8) is 0 Å². The molecule has 0 spiro atoms. The fraction of sp³-hybridized carbons (Fsp3) is 0.680. The number of carbonyl (C=O) groups excluding carboxylic acids is 2. The van der Waals surface area contributed by atoms with Crippen LogP contribution in [0.5, 0.6) is 11.5 Å². The number of amides is 1. The molecule has 3 aliphatic rings. The monoisotopic (exact) mass is 473 g/mol. The van der Waals surface area contributed by atoms with Gasteiger partial charge < -0.3 is 23.5 Å². The number of nitrogens with zero attached hydrogens (tertiary/aromatic N) is 1. The third-order valence-electron chi connectivity index (χ3n) is 7.31. The summed E-state index contributed by atoms with van der Waals surface area (Å²) in [6, 6.07) is 1.86. The Morgan fingerprint density at radius 1 is 0.971 bits per heavy atom. The number of hydrogen-bond donors (Lipinski definition) is 0. The number of rotatable bonds is 1. The Morgan fingerprint density at radius 2 is 1.50 bits per heavy atom. The molecular weight excluding hydrogens is 437 g/mol. The molecule has 0 saturated carbocycles. The minimum absolute atomic E-state index is 0.0186. The maximum Gasteiger partial charge on any atom is 0.498 e. The quantitative estimate of drug-likeness (QED) is 0.568. The normalized spacial score (nSPS) is 23.7. The summed E-state index contributed by atoms with van der Waals surface area (Å²) in [6.45, 7) is 20.4. The maximum absolute atomic E-state index is 13.8. The summed E-state index contributed by atoms with van der Waals surface area (Å²) >= 11 is 0. The van der Waals surface area contributed by atoms with E-state index in [1.807, 2.05) is 47.6 Å². The lowest BCUT2D eigenvalue weighted by Gasteiger charge is -2.48. The standard InChI is InChI=1S/C25H36BNO7/c1-21(2,3)32-20(29)27-16-14(22(4,5)19(28)23(27,6)7)12-15(17-18(16)31-13-30-17)26-33-24(8,9)25(10,11)34-26/h12H,13H2,1-11H3. The van der Waals surface area contributed by atoms with Crippen molar-refractivity contribution in [3.8, 4) is 11.5 Å². The smallest absolute Gasteiger partial charge is 0.454 e. The van der Waals surface area contributed by atoms with Crippen molar-refractivity contribution in [1.29, 1.82) is 0 Å². The van der Waals surface area contributed by atoms with Crippen molar-refractivity contribution in [3.05, 3.63) is 11.6 Å². The highest BCUT2D eigenvalue weighted by molar-refractivity contribution is 6.63. The Hall–Kier alpha value is -2.26. The Balaban J connectivity index is 1.96. The number of hydrogen-bond acceptors (Lipinski definition) is 7. The highest BCUT2D eigenvalue weighted by Gasteiger charge is 2.58. The number of Topliss-reactive ketones (excluding diaryl/α,β-unsaturated/α-hetero) is 1. The number of fused-ring (bicyclic) bond motifs is 3. The molecule has 1 fully saturated rings. The van der Waals surface area contributed by atoms with E-state index in [1.54, 1.807) is 34.6 Å².